The molecule has 1 heterocycles. The Balaban J connectivity index is 1.91. The average Bonchev–Trinajstić information content (AvgIpc) is 2.54. The molecule has 0 fully saturated rings. The Hall–Kier alpha value is -2.32. The molecule has 1 aromatic heterocycles. The number of sulfonamides is 1. The predicted molar refractivity (Wildman–Crippen MR) is 82.4 cm³/mol. The number of rotatable bonds is 6. The largest absolute Gasteiger partial charge is 0.349 e. The standard InChI is InChI=1S/C15H16FN3O3S/c1-11-8-13(5-6-14(11)16)23(21,22)19-10-15(20)18-9-12-4-2-3-7-17-12/h2-8,19H,9-10H2,1H3,(H,18,20). The quantitative estimate of drug-likeness (QED) is 0.827. The number of nitrogens with one attached hydrogen (secondary N) is 2. The zero-order valence-electron chi connectivity index (χ0n) is 12.4. The van der Waals surface area contributed by atoms with Crippen molar-refractivity contribution in [1.29, 1.82) is 0 Å². The zero-order chi connectivity index (χ0) is 16.9. The van der Waals surface area contributed by atoms with E-state index in [1.54, 1.807) is 24.4 Å². The Labute approximate surface area is 133 Å². The van der Waals surface area contributed by atoms with Gasteiger partial charge in [0.1, 0.15) is 5.82 Å². The van der Waals surface area contributed by atoms with Crippen molar-refractivity contribution in [3.05, 3.63) is 59.7 Å². The van der Waals surface area contributed by atoms with E-state index >= 15 is 0 Å². The summed E-state index contributed by atoms with van der Waals surface area (Å²) >= 11 is 0. The van der Waals surface area contributed by atoms with Crippen LogP contribution in [-0.2, 0) is 21.4 Å². The SMILES string of the molecule is Cc1cc(S(=O)(=O)NCC(=O)NCc2ccccn2)ccc1F. The van der Waals surface area contributed by atoms with Crippen molar-refractivity contribution in [2.45, 2.75) is 18.4 Å². The van der Waals surface area contributed by atoms with Crippen molar-refractivity contribution in [2.75, 3.05) is 6.54 Å². The fourth-order valence-corrected chi connectivity index (χ4v) is 2.85. The topological polar surface area (TPSA) is 88.2 Å². The molecule has 2 aromatic rings. The van der Waals surface area contributed by atoms with Crippen molar-refractivity contribution < 1.29 is 17.6 Å². The molecule has 0 aliphatic heterocycles. The van der Waals surface area contributed by atoms with Crippen LogP contribution in [0.3, 0.4) is 0 Å². The summed E-state index contributed by atoms with van der Waals surface area (Å²) in [6, 6.07) is 8.72. The molecule has 0 saturated heterocycles. The molecule has 0 aliphatic carbocycles. The highest BCUT2D eigenvalue weighted by atomic mass is 32.2. The van der Waals surface area contributed by atoms with E-state index < -0.39 is 28.3 Å². The van der Waals surface area contributed by atoms with E-state index in [-0.39, 0.29) is 17.0 Å². The first-order chi connectivity index (χ1) is 10.9. The lowest BCUT2D eigenvalue weighted by molar-refractivity contribution is -0.120. The molecule has 0 atom stereocenters. The third-order valence-corrected chi connectivity index (χ3v) is 4.45. The molecule has 8 heteroatoms. The van der Waals surface area contributed by atoms with Crippen LogP contribution < -0.4 is 10.0 Å². The summed E-state index contributed by atoms with van der Waals surface area (Å²) in [6.07, 6.45) is 1.60. The number of aryl methyl sites for hydroxylation is 1. The van der Waals surface area contributed by atoms with Crippen molar-refractivity contribution in [2.24, 2.45) is 0 Å². The Bertz CT molecular complexity index is 795. The molecule has 2 rings (SSSR count). The minimum atomic E-state index is -3.87. The minimum absolute atomic E-state index is 0.0890. The first kappa shape index (κ1) is 17.0. The number of hydrogen-bond acceptors (Lipinski definition) is 4. The normalized spacial score (nSPS) is 11.2. The van der Waals surface area contributed by atoms with Gasteiger partial charge in [-0.25, -0.2) is 17.5 Å². The fraction of sp³-hybridized carbons (Fsp3) is 0.200. The molecular formula is C15H16FN3O3S. The molecule has 0 aliphatic rings. The van der Waals surface area contributed by atoms with Gasteiger partial charge < -0.3 is 5.32 Å². The number of benzene rings is 1. The Morgan fingerprint density at radius 1 is 1.26 bits per heavy atom. The predicted octanol–water partition coefficient (Wildman–Crippen LogP) is 1.12. The van der Waals surface area contributed by atoms with Crippen molar-refractivity contribution in [1.82, 2.24) is 15.0 Å². The summed E-state index contributed by atoms with van der Waals surface area (Å²) in [4.78, 5) is 15.6. The lowest BCUT2D eigenvalue weighted by Crippen LogP contribution is -2.36. The zero-order valence-corrected chi connectivity index (χ0v) is 13.2. The van der Waals surface area contributed by atoms with Gasteiger partial charge in [-0.15, -0.1) is 0 Å². The van der Waals surface area contributed by atoms with E-state index in [2.05, 4.69) is 15.0 Å². The van der Waals surface area contributed by atoms with Gasteiger partial charge in [-0.3, -0.25) is 9.78 Å². The van der Waals surface area contributed by atoms with Crippen LogP contribution in [0, 0.1) is 12.7 Å². The Kier molecular flexibility index (Phi) is 5.41. The second-order valence-corrected chi connectivity index (χ2v) is 6.60. The fourth-order valence-electron chi connectivity index (χ4n) is 1.78. The van der Waals surface area contributed by atoms with Gasteiger partial charge in [0, 0.05) is 6.20 Å². The molecule has 122 valence electrons. The van der Waals surface area contributed by atoms with E-state index in [1.165, 1.54) is 13.0 Å². The van der Waals surface area contributed by atoms with E-state index in [4.69, 9.17) is 0 Å². The van der Waals surface area contributed by atoms with Crippen LogP contribution in [-0.4, -0.2) is 25.9 Å². The van der Waals surface area contributed by atoms with E-state index in [9.17, 15) is 17.6 Å². The molecular weight excluding hydrogens is 321 g/mol. The smallest absolute Gasteiger partial charge is 0.241 e. The highest BCUT2D eigenvalue weighted by molar-refractivity contribution is 7.89. The maximum Gasteiger partial charge on any atom is 0.241 e. The van der Waals surface area contributed by atoms with Gasteiger partial charge in [-0.1, -0.05) is 6.07 Å². The van der Waals surface area contributed by atoms with Crippen LogP contribution in [0.15, 0.2) is 47.5 Å². The highest BCUT2D eigenvalue weighted by Gasteiger charge is 2.16. The average molecular weight is 337 g/mol. The van der Waals surface area contributed by atoms with Crippen LogP contribution in [0.1, 0.15) is 11.3 Å². The number of nitrogens with zero attached hydrogens (tertiary/aromatic N) is 1. The summed E-state index contributed by atoms with van der Waals surface area (Å²) in [5.41, 5.74) is 0.880. The first-order valence-corrected chi connectivity index (χ1v) is 8.29. The molecule has 2 N–H and O–H groups in total. The lowest BCUT2D eigenvalue weighted by atomic mass is 10.2. The summed E-state index contributed by atoms with van der Waals surface area (Å²) in [6.45, 7) is 1.26. The molecule has 0 bridgehead atoms. The van der Waals surface area contributed by atoms with Gasteiger partial charge in [0.25, 0.3) is 0 Å². The Morgan fingerprint density at radius 2 is 2.04 bits per heavy atom. The number of carbonyl (C=O) groups is 1. The number of aromatic nitrogens is 1. The summed E-state index contributed by atoms with van der Waals surface area (Å²) in [5, 5.41) is 2.56. The van der Waals surface area contributed by atoms with Crippen molar-refractivity contribution >= 4 is 15.9 Å². The van der Waals surface area contributed by atoms with Gasteiger partial charge in [-0.05, 0) is 42.8 Å². The van der Waals surface area contributed by atoms with Crippen LogP contribution in [0.2, 0.25) is 0 Å². The highest BCUT2D eigenvalue weighted by Crippen LogP contribution is 2.13. The molecule has 0 spiro atoms. The van der Waals surface area contributed by atoms with E-state index in [1.807, 2.05) is 0 Å². The number of hydrogen-bond donors (Lipinski definition) is 2. The monoisotopic (exact) mass is 337 g/mol. The third kappa shape index (κ3) is 4.83. The third-order valence-electron chi connectivity index (χ3n) is 3.06. The molecule has 6 nitrogen and oxygen atoms in total. The maximum absolute atomic E-state index is 13.2. The summed E-state index contributed by atoms with van der Waals surface area (Å²) < 4.78 is 39.4. The molecule has 1 amide bonds. The summed E-state index contributed by atoms with van der Waals surface area (Å²) in [5.74, 6) is -0.977. The van der Waals surface area contributed by atoms with Crippen LogP contribution in [0.5, 0.6) is 0 Å². The molecule has 0 radical (unpaired) electrons. The van der Waals surface area contributed by atoms with E-state index in [0.717, 1.165) is 12.1 Å². The number of amides is 1. The lowest BCUT2D eigenvalue weighted by Gasteiger charge is -2.08. The molecule has 0 saturated carbocycles. The van der Waals surface area contributed by atoms with Gasteiger partial charge in [-0.2, -0.15) is 0 Å². The molecule has 1 aromatic carbocycles. The maximum atomic E-state index is 13.2. The molecule has 0 unspecified atom stereocenters. The minimum Gasteiger partial charge on any atom is -0.349 e. The van der Waals surface area contributed by atoms with Gasteiger partial charge in [0.15, 0.2) is 0 Å². The van der Waals surface area contributed by atoms with Gasteiger partial charge in [0.2, 0.25) is 15.9 Å². The van der Waals surface area contributed by atoms with E-state index in [0.29, 0.717) is 5.69 Å². The van der Waals surface area contributed by atoms with Crippen LogP contribution in [0.25, 0.3) is 0 Å². The summed E-state index contributed by atoms with van der Waals surface area (Å²) in [7, 11) is -3.87. The second-order valence-electron chi connectivity index (χ2n) is 4.83. The number of carbonyl (C=O) groups excluding carboxylic acids is 1. The second kappa shape index (κ2) is 7.30. The van der Waals surface area contributed by atoms with Gasteiger partial charge in [0.05, 0.1) is 23.7 Å². The van der Waals surface area contributed by atoms with Crippen molar-refractivity contribution in [3.8, 4) is 0 Å². The van der Waals surface area contributed by atoms with Crippen LogP contribution in [0.4, 0.5) is 4.39 Å². The Morgan fingerprint density at radius 3 is 2.70 bits per heavy atom. The van der Waals surface area contributed by atoms with Crippen LogP contribution >= 0.6 is 0 Å². The first-order valence-electron chi connectivity index (χ1n) is 6.81. The number of pyridine rings is 1. The van der Waals surface area contributed by atoms with Crippen molar-refractivity contribution in [3.63, 3.8) is 0 Å². The number of halogens is 1. The molecule has 23 heavy (non-hydrogen) atoms. The van der Waals surface area contributed by atoms with Gasteiger partial charge >= 0.3 is 0 Å².